The van der Waals surface area contributed by atoms with Gasteiger partial charge < -0.3 is 19.7 Å². The Balaban J connectivity index is 1.66. The third-order valence-electron chi connectivity index (χ3n) is 3.74. The molecule has 96 valence electrons. The van der Waals surface area contributed by atoms with Crippen LogP contribution in [0, 0.1) is 5.92 Å². The lowest BCUT2D eigenvalue weighted by molar-refractivity contribution is -0.170. The molecule has 0 aromatic heterocycles. The minimum atomic E-state index is -0.320. The van der Waals surface area contributed by atoms with Crippen LogP contribution in [0.4, 0.5) is 0 Å². The Morgan fingerprint density at radius 2 is 2.35 bits per heavy atom. The van der Waals surface area contributed by atoms with Crippen molar-refractivity contribution in [2.24, 2.45) is 5.92 Å². The van der Waals surface area contributed by atoms with Crippen molar-refractivity contribution in [2.45, 2.75) is 18.4 Å². The molecule has 5 nitrogen and oxygen atoms in total. The molecular formula is C12H20N2O3. The summed E-state index contributed by atoms with van der Waals surface area (Å²) in [6, 6.07) is 0. The predicted molar refractivity (Wildman–Crippen MR) is 61.7 cm³/mol. The van der Waals surface area contributed by atoms with Gasteiger partial charge in [-0.15, -0.1) is 0 Å². The van der Waals surface area contributed by atoms with E-state index in [-0.39, 0.29) is 18.1 Å². The van der Waals surface area contributed by atoms with Crippen LogP contribution in [0.2, 0.25) is 0 Å². The second kappa shape index (κ2) is 4.55. The number of carbonyl (C=O) groups excluding carboxylic acids is 1. The molecule has 0 unspecified atom stereocenters. The van der Waals surface area contributed by atoms with E-state index in [2.05, 4.69) is 5.32 Å². The molecule has 1 N–H and O–H groups in total. The maximum atomic E-state index is 11.8. The Bertz CT molecular complexity index is 296. The van der Waals surface area contributed by atoms with Gasteiger partial charge in [0, 0.05) is 19.6 Å². The van der Waals surface area contributed by atoms with Crippen molar-refractivity contribution in [2.75, 3.05) is 46.0 Å². The lowest BCUT2D eigenvalue weighted by Gasteiger charge is -2.41. The van der Waals surface area contributed by atoms with E-state index in [0.717, 1.165) is 32.2 Å². The third kappa shape index (κ3) is 2.61. The topological polar surface area (TPSA) is 50.8 Å². The van der Waals surface area contributed by atoms with Gasteiger partial charge in [0.15, 0.2) is 0 Å². The van der Waals surface area contributed by atoms with Crippen molar-refractivity contribution in [3.05, 3.63) is 0 Å². The second-order valence-corrected chi connectivity index (χ2v) is 5.42. The highest BCUT2D eigenvalue weighted by Gasteiger charge is 2.42. The van der Waals surface area contributed by atoms with E-state index < -0.39 is 0 Å². The molecule has 3 rings (SSSR count). The van der Waals surface area contributed by atoms with Crippen molar-refractivity contribution < 1.29 is 14.3 Å². The van der Waals surface area contributed by atoms with Gasteiger partial charge in [0.25, 0.3) is 0 Å². The van der Waals surface area contributed by atoms with Crippen LogP contribution in [-0.2, 0) is 14.3 Å². The number of amides is 1. The fourth-order valence-electron chi connectivity index (χ4n) is 2.53. The molecule has 0 aromatic carbocycles. The minimum absolute atomic E-state index is 0.131. The molecule has 1 aliphatic carbocycles. The smallest absolute Gasteiger partial charge is 0.248 e. The maximum Gasteiger partial charge on any atom is 0.248 e. The van der Waals surface area contributed by atoms with Crippen molar-refractivity contribution in [1.82, 2.24) is 10.2 Å². The van der Waals surface area contributed by atoms with Gasteiger partial charge in [0.2, 0.25) is 5.91 Å². The molecule has 1 spiro atoms. The zero-order valence-electron chi connectivity index (χ0n) is 10.1. The highest BCUT2D eigenvalue weighted by molar-refractivity contribution is 5.78. The van der Waals surface area contributed by atoms with Crippen LogP contribution in [0.15, 0.2) is 0 Å². The Morgan fingerprint density at radius 1 is 1.47 bits per heavy atom. The summed E-state index contributed by atoms with van der Waals surface area (Å²) in [6.07, 6.45) is 2.54. The monoisotopic (exact) mass is 240 g/mol. The molecule has 17 heavy (non-hydrogen) atoms. The van der Waals surface area contributed by atoms with E-state index in [4.69, 9.17) is 9.47 Å². The first-order valence-corrected chi connectivity index (χ1v) is 6.48. The lowest BCUT2D eigenvalue weighted by Crippen LogP contribution is -2.60. The van der Waals surface area contributed by atoms with E-state index in [1.165, 1.54) is 12.8 Å². The van der Waals surface area contributed by atoms with Crippen LogP contribution in [-0.4, -0.2) is 62.4 Å². The first-order chi connectivity index (χ1) is 8.27. The summed E-state index contributed by atoms with van der Waals surface area (Å²) in [5.41, 5.74) is -0.320. The second-order valence-electron chi connectivity index (χ2n) is 5.42. The summed E-state index contributed by atoms with van der Waals surface area (Å²) in [4.78, 5) is 13.8. The van der Waals surface area contributed by atoms with E-state index in [0.29, 0.717) is 13.2 Å². The summed E-state index contributed by atoms with van der Waals surface area (Å²) in [6.45, 7) is 4.75. The predicted octanol–water partition coefficient (Wildman–Crippen LogP) is -0.386. The molecule has 0 aromatic rings. The Hall–Kier alpha value is -0.650. The van der Waals surface area contributed by atoms with Gasteiger partial charge >= 0.3 is 0 Å². The van der Waals surface area contributed by atoms with Crippen molar-refractivity contribution in [3.8, 4) is 0 Å². The molecule has 3 aliphatic rings. The van der Waals surface area contributed by atoms with E-state index >= 15 is 0 Å². The summed E-state index contributed by atoms with van der Waals surface area (Å²) in [5, 5.41) is 3.32. The molecule has 2 heterocycles. The highest BCUT2D eigenvalue weighted by atomic mass is 16.5. The number of ether oxygens (including phenoxy) is 2. The van der Waals surface area contributed by atoms with Crippen LogP contribution in [0.3, 0.4) is 0 Å². The highest BCUT2D eigenvalue weighted by Crippen LogP contribution is 2.31. The number of carbonyl (C=O) groups is 1. The molecule has 1 saturated carbocycles. The van der Waals surface area contributed by atoms with Gasteiger partial charge in [-0.1, -0.05) is 0 Å². The molecule has 1 amide bonds. The minimum Gasteiger partial charge on any atom is -0.377 e. The summed E-state index contributed by atoms with van der Waals surface area (Å²) < 4.78 is 11.3. The number of hydrogen-bond acceptors (Lipinski definition) is 4. The summed E-state index contributed by atoms with van der Waals surface area (Å²) >= 11 is 0. The summed E-state index contributed by atoms with van der Waals surface area (Å²) in [5.74, 6) is 0.862. The molecule has 5 heteroatoms. The molecule has 0 radical (unpaired) electrons. The molecule has 2 saturated heterocycles. The normalized spacial score (nSPS) is 35.1. The lowest BCUT2D eigenvalue weighted by atomic mass is 10.0. The average Bonchev–Trinajstić information content (AvgIpc) is 3.13. The van der Waals surface area contributed by atoms with Gasteiger partial charge in [0.1, 0.15) is 12.2 Å². The average molecular weight is 240 g/mol. The first kappa shape index (κ1) is 11.4. The van der Waals surface area contributed by atoms with Crippen molar-refractivity contribution in [1.29, 1.82) is 0 Å². The van der Waals surface area contributed by atoms with Crippen molar-refractivity contribution >= 4 is 5.91 Å². The SMILES string of the molecule is O=C1CO[C@]2(CNCCOC2)CN1CC1CC1. The number of nitrogens with one attached hydrogen (secondary N) is 1. The van der Waals surface area contributed by atoms with Gasteiger partial charge in [-0.25, -0.2) is 0 Å². The number of rotatable bonds is 2. The molecule has 3 fully saturated rings. The van der Waals surface area contributed by atoms with Crippen LogP contribution in [0.5, 0.6) is 0 Å². The standard InChI is InChI=1S/C12H20N2O3/c15-11-6-17-12(7-13-3-4-16-9-12)8-14(11)5-10-1-2-10/h10,13H,1-9H2/t12-/m1/s1. The number of hydrogen-bond donors (Lipinski definition) is 1. The van der Waals surface area contributed by atoms with E-state index in [1.807, 2.05) is 4.90 Å². The molecule has 2 aliphatic heterocycles. The molecule has 0 bridgehead atoms. The third-order valence-corrected chi connectivity index (χ3v) is 3.74. The van der Waals surface area contributed by atoms with Gasteiger partial charge in [-0.05, 0) is 18.8 Å². The Labute approximate surface area is 101 Å². The summed E-state index contributed by atoms with van der Waals surface area (Å²) in [7, 11) is 0. The van der Waals surface area contributed by atoms with Crippen LogP contribution in [0.25, 0.3) is 0 Å². The van der Waals surface area contributed by atoms with Crippen molar-refractivity contribution in [3.63, 3.8) is 0 Å². The first-order valence-electron chi connectivity index (χ1n) is 6.48. The number of nitrogens with zero attached hydrogens (tertiary/aromatic N) is 1. The Kier molecular flexibility index (Phi) is 3.06. The number of morpholine rings is 1. The molecule has 1 atom stereocenters. The van der Waals surface area contributed by atoms with Gasteiger partial charge in [-0.2, -0.15) is 0 Å². The van der Waals surface area contributed by atoms with E-state index in [9.17, 15) is 4.79 Å². The zero-order chi connectivity index (χ0) is 11.7. The van der Waals surface area contributed by atoms with Crippen LogP contribution >= 0.6 is 0 Å². The van der Waals surface area contributed by atoms with Gasteiger partial charge in [-0.3, -0.25) is 4.79 Å². The quantitative estimate of drug-likeness (QED) is 0.714. The van der Waals surface area contributed by atoms with Crippen LogP contribution in [0.1, 0.15) is 12.8 Å². The maximum absolute atomic E-state index is 11.8. The fraction of sp³-hybridized carbons (Fsp3) is 0.917. The molecular weight excluding hydrogens is 220 g/mol. The van der Waals surface area contributed by atoms with Gasteiger partial charge in [0.05, 0.1) is 19.8 Å². The Morgan fingerprint density at radius 3 is 3.18 bits per heavy atom. The van der Waals surface area contributed by atoms with Crippen LogP contribution < -0.4 is 5.32 Å². The largest absolute Gasteiger partial charge is 0.377 e. The van der Waals surface area contributed by atoms with E-state index in [1.54, 1.807) is 0 Å². The zero-order valence-corrected chi connectivity index (χ0v) is 10.1. The fourth-order valence-corrected chi connectivity index (χ4v) is 2.53.